The Hall–Kier alpha value is -2.57. The summed E-state index contributed by atoms with van der Waals surface area (Å²) in [5.74, 6) is 0.808. The maximum absolute atomic E-state index is 12.6. The molecule has 1 aromatic heterocycles. The summed E-state index contributed by atoms with van der Waals surface area (Å²) in [6.07, 6.45) is 4.03. The Balaban J connectivity index is 1.38. The van der Waals surface area contributed by atoms with Crippen LogP contribution in [-0.2, 0) is 24.3 Å². The van der Waals surface area contributed by atoms with E-state index in [-0.39, 0.29) is 18.1 Å². The number of piperazine rings is 1. The monoisotopic (exact) mass is 355 g/mol. The predicted molar refractivity (Wildman–Crippen MR) is 99.3 cm³/mol. The number of fused-ring (bicyclic) bond motifs is 1. The van der Waals surface area contributed by atoms with Gasteiger partial charge in [-0.2, -0.15) is 5.10 Å². The van der Waals surface area contributed by atoms with Gasteiger partial charge in [0.1, 0.15) is 12.4 Å². The molecule has 0 atom stereocenters. The molecule has 0 spiro atoms. The molecule has 1 saturated heterocycles. The highest BCUT2D eigenvalue weighted by Gasteiger charge is 2.23. The average Bonchev–Trinajstić information content (AvgIpc) is 2.85. The third-order valence-electron chi connectivity index (χ3n) is 5.32. The number of rotatable bonds is 3. The molecule has 0 saturated carbocycles. The lowest BCUT2D eigenvalue weighted by Crippen LogP contribution is -2.50. The summed E-state index contributed by atoms with van der Waals surface area (Å²) in [6, 6.07) is 10.3. The van der Waals surface area contributed by atoms with Crippen LogP contribution in [0.5, 0.6) is 0 Å². The topological polar surface area (TPSA) is 63.4 Å². The zero-order valence-electron chi connectivity index (χ0n) is 15.0. The molecule has 2 aromatic rings. The number of amides is 1. The lowest BCUT2D eigenvalue weighted by molar-refractivity contribution is -0.132. The number of benzene rings is 1. The first-order chi connectivity index (χ1) is 12.7. The summed E-state index contributed by atoms with van der Waals surface area (Å²) in [5, 5.41) is 4.42. The third-order valence-corrected chi connectivity index (χ3v) is 5.32. The van der Waals surface area contributed by atoms with Crippen molar-refractivity contribution in [3.8, 4) is 0 Å². The number of aromatic nitrogens is 3. The number of carbonyl (C=O) groups is 1. The average molecular weight is 355 g/mol. The van der Waals surface area contributed by atoms with Crippen molar-refractivity contribution in [1.29, 1.82) is 0 Å². The molecule has 2 aliphatic rings. The van der Waals surface area contributed by atoms with Gasteiger partial charge in [-0.15, -0.1) is 0 Å². The van der Waals surface area contributed by atoms with Crippen LogP contribution in [0.4, 0.5) is 5.69 Å². The van der Waals surface area contributed by atoms with Crippen molar-refractivity contribution in [1.82, 2.24) is 19.2 Å². The molecular weight excluding hydrogens is 330 g/mol. The van der Waals surface area contributed by atoms with Crippen LogP contribution in [0.3, 0.4) is 0 Å². The normalized spacial score (nSPS) is 17.7. The van der Waals surface area contributed by atoms with E-state index in [0.717, 1.165) is 51.1 Å². The maximum atomic E-state index is 12.6. The molecule has 26 heavy (non-hydrogen) atoms. The van der Waals surface area contributed by atoms with Gasteiger partial charge in [-0.05, 0) is 25.0 Å². The molecule has 0 bridgehead atoms. The fourth-order valence-electron chi connectivity index (χ4n) is 3.81. The van der Waals surface area contributed by atoms with Gasteiger partial charge in [0.25, 0.3) is 0 Å². The predicted octanol–water partition coefficient (Wildman–Crippen LogP) is 1.12. The number of hydrogen-bond acceptors (Lipinski definition) is 4. The first-order valence-electron chi connectivity index (χ1n) is 9.47. The second kappa shape index (κ2) is 7.35. The van der Waals surface area contributed by atoms with Gasteiger partial charge < -0.3 is 9.80 Å². The van der Waals surface area contributed by atoms with Crippen molar-refractivity contribution in [3.63, 3.8) is 0 Å². The van der Waals surface area contributed by atoms with Crippen LogP contribution < -0.4 is 10.6 Å². The summed E-state index contributed by atoms with van der Waals surface area (Å²) >= 11 is 0. The smallest absolute Gasteiger partial charge is 0.346 e. The Labute approximate surface area is 152 Å². The van der Waals surface area contributed by atoms with Gasteiger partial charge in [0.2, 0.25) is 5.91 Å². The molecule has 3 heterocycles. The summed E-state index contributed by atoms with van der Waals surface area (Å²) in [6.45, 7) is 3.74. The fraction of sp³-hybridized carbons (Fsp3) is 0.526. The van der Waals surface area contributed by atoms with E-state index >= 15 is 0 Å². The number of aryl methyl sites for hydroxylation is 1. The Morgan fingerprint density at radius 1 is 0.962 bits per heavy atom. The highest BCUT2D eigenvalue weighted by atomic mass is 16.2. The van der Waals surface area contributed by atoms with Gasteiger partial charge in [-0.3, -0.25) is 9.36 Å². The number of nitrogens with zero attached hydrogens (tertiary/aromatic N) is 5. The van der Waals surface area contributed by atoms with E-state index in [1.165, 1.54) is 10.4 Å². The first-order valence-corrected chi connectivity index (χ1v) is 9.47. The van der Waals surface area contributed by atoms with E-state index < -0.39 is 0 Å². The fourth-order valence-corrected chi connectivity index (χ4v) is 3.81. The standard InChI is InChI=1S/C19H25N5O2/c25-18(15-24-19(26)23-10-6-2-5-9-17(23)20-24)22-13-11-21(12-14-22)16-7-3-1-4-8-16/h1,3-4,7-8H,2,5-6,9-15H2. The van der Waals surface area contributed by atoms with Gasteiger partial charge in [0, 0.05) is 44.8 Å². The van der Waals surface area contributed by atoms with Crippen LogP contribution in [0.1, 0.15) is 25.1 Å². The molecule has 1 aromatic carbocycles. The molecule has 0 radical (unpaired) electrons. The van der Waals surface area contributed by atoms with Crippen LogP contribution in [0.2, 0.25) is 0 Å². The van der Waals surface area contributed by atoms with E-state index in [0.29, 0.717) is 13.1 Å². The SMILES string of the molecule is O=C(Cn1nc2n(c1=O)CCCCC2)N1CCN(c2ccccc2)CC1. The van der Waals surface area contributed by atoms with Crippen molar-refractivity contribution < 1.29 is 4.79 Å². The van der Waals surface area contributed by atoms with E-state index in [4.69, 9.17) is 0 Å². The second-order valence-electron chi connectivity index (χ2n) is 7.02. The molecule has 138 valence electrons. The number of hydrogen-bond donors (Lipinski definition) is 0. The summed E-state index contributed by atoms with van der Waals surface area (Å²) in [4.78, 5) is 29.3. The molecule has 0 aliphatic carbocycles. The Morgan fingerprint density at radius 3 is 2.50 bits per heavy atom. The molecular formula is C19H25N5O2. The molecule has 0 N–H and O–H groups in total. The van der Waals surface area contributed by atoms with E-state index in [1.54, 1.807) is 4.57 Å². The number of anilines is 1. The van der Waals surface area contributed by atoms with E-state index in [2.05, 4.69) is 22.1 Å². The lowest BCUT2D eigenvalue weighted by Gasteiger charge is -2.36. The number of carbonyl (C=O) groups excluding carboxylic acids is 1. The largest absolute Gasteiger partial charge is 0.368 e. The second-order valence-corrected chi connectivity index (χ2v) is 7.02. The van der Waals surface area contributed by atoms with Crippen molar-refractivity contribution in [3.05, 3.63) is 46.6 Å². The van der Waals surface area contributed by atoms with Crippen molar-refractivity contribution >= 4 is 11.6 Å². The van der Waals surface area contributed by atoms with Crippen LogP contribution >= 0.6 is 0 Å². The highest BCUT2D eigenvalue weighted by Crippen LogP contribution is 2.16. The molecule has 7 heteroatoms. The lowest BCUT2D eigenvalue weighted by atomic mass is 10.2. The maximum Gasteiger partial charge on any atom is 0.346 e. The van der Waals surface area contributed by atoms with Gasteiger partial charge in [0.15, 0.2) is 0 Å². The van der Waals surface area contributed by atoms with Gasteiger partial charge >= 0.3 is 5.69 Å². The molecule has 1 amide bonds. The summed E-state index contributed by atoms with van der Waals surface area (Å²) in [5.41, 5.74) is 1.05. The van der Waals surface area contributed by atoms with Crippen molar-refractivity contribution in [2.24, 2.45) is 0 Å². The van der Waals surface area contributed by atoms with Crippen LogP contribution in [-0.4, -0.2) is 51.3 Å². The molecule has 1 fully saturated rings. The minimum Gasteiger partial charge on any atom is -0.368 e. The number of para-hydroxylation sites is 1. The third kappa shape index (κ3) is 3.38. The minimum absolute atomic E-state index is 0.0203. The van der Waals surface area contributed by atoms with Crippen molar-refractivity contribution in [2.45, 2.75) is 38.8 Å². The van der Waals surface area contributed by atoms with Crippen LogP contribution in [0.15, 0.2) is 35.1 Å². The minimum atomic E-state index is -0.141. The highest BCUT2D eigenvalue weighted by molar-refractivity contribution is 5.76. The Morgan fingerprint density at radius 2 is 1.73 bits per heavy atom. The van der Waals surface area contributed by atoms with E-state index in [1.807, 2.05) is 23.1 Å². The summed E-state index contributed by atoms with van der Waals surface area (Å²) in [7, 11) is 0. The molecule has 4 rings (SSSR count). The molecule has 2 aliphatic heterocycles. The zero-order valence-corrected chi connectivity index (χ0v) is 15.0. The van der Waals surface area contributed by atoms with Crippen LogP contribution in [0.25, 0.3) is 0 Å². The van der Waals surface area contributed by atoms with E-state index in [9.17, 15) is 9.59 Å². The zero-order chi connectivity index (χ0) is 17.9. The molecule has 7 nitrogen and oxygen atoms in total. The first kappa shape index (κ1) is 16.9. The summed E-state index contributed by atoms with van der Waals surface area (Å²) < 4.78 is 3.10. The van der Waals surface area contributed by atoms with Gasteiger partial charge in [-0.1, -0.05) is 24.6 Å². The Kier molecular flexibility index (Phi) is 4.77. The Bertz CT molecular complexity index is 818. The quantitative estimate of drug-likeness (QED) is 0.828. The van der Waals surface area contributed by atoms with Crippen molar-refractivity contribution in [2.75, 3.05) is 31.1 Å². The van der Waals surface area contributed by atoms with Gasteiger partial charge in [0.05, 0.1) is 0 Å². The molecule has 0 unspecified atom stereocenters. The van der Waals surface area contributed by atoms with Gasteiger partial charge in [-0.25, -0.2) is 9.48 Å². The van der Waals surface area contributed by atoms with Crippen LogP contribution in [0, 0.1) is 0 Å².